The van der Waals surface area contributed by atoms with Crippen LogP contribution >= 0.6 is 22.6 Å². The van der Waals surface area contributed by atoms with Crippen LogP contribution in [0.25, 0.3) is 0 Å². The summed E-state index contributed by atoms with van der Waals surface area (Å²) in [6, 6.07) is 2.82. The number of hydrogen-bond acceptors (Lipinski definition) is 3. The predicted octanol–water partition coefficient (Wildman–Crippen LogP) is 2.69. The Labute approximate surface area is 120 Å². The van der Waals surface area contributed by atoms with Crippen LogP contribution in [-0.2, 0) is 13.1 Å². The first kappa shape index (κ1) is 12.2. The van der Waals surface area contributed by atoms with Crippen LogP contribution in [-0.4, -0.2) is 15.8 Å². The van der Waals surface area contributed by atoms with Crippen molar-refractivity contribution in [3.8, 4) is 0 Å². The second-order valence-corrected chi connectivity index (χ2v) is 6.08. The van der Waals surface area contributed by atoms with Crippen molar-refractivity contribution in [1.29, 1.82) is 0 Å². The van der Waals surface area contributed by atoms with Gasteiger partial charge in [-0.15, -0.1) is 0 Å². The quantitative estimate of drug-likeness (QED) is 0.837. The summed E-state index contributed by atoms with van der Waals surface area (Å²) in [5.74, 6) is 2.03. The summed E-state index contributed by atoms with van der Waals surface area (Å²) in [6.45, 7) is 3.64. The molecule has 0 radical (unpaired) electrons. The molecular weight excluding hydrogens is 341 g/mol. The van der Waals surface area contributed by atoms with Crippen molar-refractivity contribution in [3.05, 3.63) is 39.1 Å². The molecule has 0 unspecified atom stereocenters. The molecule has 2 aromatic heterocycles. The molecule has 1 fully saturated rings. The molecule has 0 bridgehead atoms. The lowest BCUT2D eigenvalue weighted by atomic mass is 10.2. The molecule has 3 rings (SSSR count). The third-order valence-corrected chi connectivity index (χ3v) is 3.68. The molecule has 0 spiro atoms. The molecule has 0 atom stereocenters. The Morgan fingerprint density at radius 2 is 2.39 bits per heavy atom. The third-order valence-electron chi connectivity index (χ3n) is 3.12. The maximum atomic E-state index is 5.88. The van der Waals surface area contributed by atoms with Crippen LogP contribution < -0.4 is 5.32 Å². The van der Waals surface area contributed by atoms with E-state index in [0.29, 0.717) is 12.6 Å². The number of nitrogens with one attached hydrogen (secondary N) is 1. The van der Waals surface area contributed by atoms with E-state index in [1.54, 1.807) is 0 Å². The summed E-state index contributed by atoms with van der Waals surface area (Å²) in [4.78, 5) is 0. The second kappa shape index (κ2) is 5.05. The monoisotopic (exact) mass is 357 g/mol. The molecule has 1 N–H and O–H groups in total. The molecule has 0 amide bonds. The number of nitrogens with zero attached hydrogens (tertiary/aromatic N) is 2. The first-order chi connectivity index (χ1) is 8.70. The minimum atomic E-state index is 0.702. The summed E-state index contributed by atoms with van der Waals surface area (Å²) < 4.78 is 8.93. The van der Waals surface area contributed by atoms with E-state index in [0.717, 1.165) is 21.6 Å². The molecule has 0 aromatic carbocycles. The largest absolute Gasteiger partial charge is 0.462 e. The van der Waals surface area contributed by atoms with E-state index >= 15 is 0 Å². The molecule has 2 heterocycles. The van der Waals surface area contributed by atoms with E-state index in [1.165, 1.54) is 18.4 Å². The SMILES string of the molecule is Cc1cc(Cn2cc(I)cn2)oc1CNC1CC1. The van der Waals surface area contributed by atoms with E-state index in [1.807, 2.05) is 17.1 Å². The molecule has 0 saturated heterocycles. The molecule has 1 aliphatic carbocycles. The van der Waals surface area contributed by atoms with Crippen LogP contribution in [0, 0.1) is 10.5 Å². The van der Waals surface area contributed by atoms with Crippen molar-refractivity contribution >= 4 is 22.6 Å². The zero-order valence-electron chi connectivity index (χ0n) is 10.3. The van der Waals surface area contributed by atoms with Gasteiger partial charge in [0.1, 0.15) is 11.5 Å². The van der Waals surface area contributed by atoms with Gasteiger partial charge in [0.25, 0.3) is 0 Å². The van der Waals surface area contributed by atoms with Gasteiger partial charge in [-0.3, -0.25) is 4.68 Å². The van der Waals surface area contributed by atoms with Crippen LogP contribution in [0.2, 0.25) is 0 Å². The first-order valence-corrected chi connectivity index (χ1v) is 7.28. The Balaban J connectivity index is 1.66. The number of halogens is 1. The van der Waals surface area contributed by atoms with Crippen LogP contribution in [0.1, 0.15) is 29.9 Å². The Morgan fingerprint density at radius 3 is 3.06 bits per heavy atom. The standard InChI is InChI=1S/C13H16IN3O/c1-9-4-12(8-17-7-10(14)5-16-17)18-13(9)6-15-11-2-3-11/h4-5,7,11,15H,2-3,6,8H2,1H3. The van der Waals surface area contributed by atoms with Gasteiger partial charge in [0, 0.05) is 12.2 Å². The molecule has 4 nitrogen and oxygen atoms in total. The highest BCUT2D eigenvalue weighted by atomic mass is 127. The van der Waals surface area contributed by atoms with E-state index < -0.39 is 0 Å². The van der Waals surface area contributed by atoms with Crippen LogP contribution in [0.3, 0.4) is 0 Å². The Hall–Kier alpha value is -0.820. The van der Waals surface area contributed by atoms with E-state index in [2.05, 4.69) is 46.0 Å². The van der Waals surface area contributed by atoms with E-state index in [9.17, 15) is 0 Å². The maximum Gasteiger partial charge on any atom is 0.126 e. The Bertz CT molecular complexity index is 542. The molecule has 1 aliphatic rings. The first-order valence-electron chi connectivity index (χ1n) is 6.20. The minimum Gasteiger partial charge on any atom is -0.462 e. The number of aryl methyl sites for hydroxylation is 1. The van der Waals surface area contributed by atoms with Gasteiger partial charge in [-0.25, -0.2) is 0 Å². The number of furan rings is 1. The topological polar surface area (TPSA) is 43.0 Å². The summed E-state index contributed by atoms with van der Waals surface area (Å²) in [6.07, 6.45) is 6.48. The highest BCUT2D eigenvalue weighted by Gasteiger charge is 2.21. The average Bonchev–Trinajstić information content (AvgIpc) is 2.98. The molecule has 0 aliphatic heterocycles. The predicted molar refractivity (Wildman–Crippen MR) is 77.4 cm³/mol. The van der Waals surface area contributed by atoms with Gasteiger partial charge in [0.15, 0.2) is 0 Å². The lowest BCUT2D eigenvalue weighted by Gasteiger charge is -2.00. The van der Waals surface area contributed by atoms with Crippen LogP contribution in [0.5, 0.6) is 0 Å². The van der Waals surface area contributed by atoms with E-state index in [4.69, 9.17) is 4.42 Å². The number of hydrogen-bond donors (Lipinski definition) is 1. The van der Waals surface area contributed by atoms with Crippen molar-refractivity contribution in [1.82, 2.24) is 15.1 Å². The zero-order chi connectivity index (χ0) is 12.5. The van der Waals surface area contributed by atoms with Crippen LogP contribution in [0.15, 0.2) is 22.9 Å². The van der Waals surface area contributed by atoms with Crippen molar-refractivity contribution in [2.24, 2.45) is 0 Å². The van der Waals surface area contributed by atoms with Crippen LogP contribution in [0.4, 0.5) is 0 Å². The fourth-order valence-corrected chi connectivity index (χ4v) is 2.40. The summed E-state index contributed by atoms with van der Waals surface area (Å²) >= 11 is 2.26. The molecule has 1 saturated carbocycles. The molecular formula is C13H16IN3O. The summed E-state index contributed by atoms with van der Waals surface area (Å²) in [7, 11) is 0. The fraction of sp³-hybridized carbons (Fsp3) is 0.462. The Kier molecular flexibility index (Phi) is 3.43. The normalized spacial score (nSPS) is 15.2. The third kappa shape index (κ3) is 2.95. The van der Waals surface area contributed by atoms with Gasteiger partial charge >= 0.3 is 0 Å². The summed E-state index contributed by atoms with van der Waals surface area (Å²) in [5, 5.41) is 7.75. The van der Waals surface area contributed by atoms with Gasteiger partial charge in [0.2, 0.25) is 0 Å². The van der Waals surface area contributed by atoms with Gasteiger partial charge in [-0.2, -0.15) is 5.10 Å². The Morgan fingerprint density at radius 1 is 1.56 bits per heavy atom. The lowest BCUT2D eigenvalue weighted by Crippen LogP contribution is -2.15. The summed E-state index contributed by atoms with van der Waals surface area (Å²) in [5.41, 5.74) is 1.22. The highest BCUT2D eigenvalue weighted by molar-refractivity contribution is 14.1. The van der Waals surface area contributed by atoms with Crippen molar-refractivity contribution in [2.45, 2.75) is 38.9 Å². The smallest absolute Gasteiger partial charge is 0.126 e. The van der Waals surface area contributed by atoms with Crippen molar-refractivity contribution in [2.75, 3.05) is 0 Å². The lowest BCUT2D eigenvalue weighted by molar-refractivity contribution is 0.428. The highest BCUT2D eigenvalue weighted by Crippen LogP contribution is 2.21. The van der Waals surface area contributed by atoms with Gasteiger partial charge in [0.05, 0.1) is 22.9 Å². The fourth-order valence-electron chi connectivity index (χ4n) is 1.95. The van der Waals surface area contributed by atoms with Crippen molar-refractivity contribution < 1.29 is 4.42 Å². The molecule has 18 heavy (non-hydrogen) atoms. The van der Waals surface area contributed by atoms with Gasteiger partial charge < -0.3 is 9.73 Å². The molecule has 2 aromatic rings. The zero-order valence-corrected chi connectivity index (χ0v) is 12.5. The van der Waals surface area contributed by atoms with Gasteiger partial charge in [-0.1, -0.05) is 0 Å². The average molecular weight is 357 g/mol. The number of aromatic nitrogens is 2. The minimum absolute atomic E-state index is 0.702. The second-order valence-electron chi connectivity index (χ2n) is 4.83. The molecule has 5 heteroatoms. The maximum absolute atomic E-state index is 5.88. The number of rotatable bonds is 5. The van der Waals surface area contributed by atoms with Gasteiger partial charge in [-0.05, 0) is 54.0 Å². The molecule has 96 valence electrons. The van der Waals surface area contributed by atoms with E-state index in [-0.39, 0.29) is 0 Å². The van der Waals surface area contributed by atoms with Crippen molar-refractivity contribution in [3.63, 3.8) is 0 Å².